The summed E-state index contributed by atoms with van der Waals surface area (Å²) in [4.78, 5) is 0. The Hall–Kier alpha value is 0.270. The molecule has 0 aromatic heterocycles. The summed E-state index contributed by atoms with van der Waals surface area (Å²) in [6.07, 6.45) is 6.14. The minimum atomic E-state index is -0.157. The highest BCUT2D eigenvalue weighted by atomic mass is 32.2. The first-order valence-electron chi connectivity index (χ1n) is 6.93. The van der Waals surface area contributed by atoms with Gasteiger partial charge >= 0.3 is 0 Å². The summed E-state index contributed by atoms with van der Waals surface area (Å²) < 4.78 is 0. The zero-order chi connectivity index (χ0) is 13.3. The maximum absolute atomic E-state index is 9.18. The van der Waals surface area contributed by atoms with E-state index in [4.69, 9.17) is 0 Å². The van der Waals surface area contributed by atoms with Crippen molar-refractivity contribution in [1.29, 1.82) is 0 Å². The van der Waals surface area contributed by atoms with E-state index in [2.05, 4.69) is 13.8 Å². The minimum Gasteiger partial charge on any atom is -0.393 e. The summed E-state index contributed by atoms with van der Waals surface area (Å²) in [6, 6.07) is 0. The number of hydrogen-bond donors (Lipinski definition) is 2. The Morgan fingerprint density at radius 2 is 1.06 bits per heavy atom. The van der Waals surface area contributed by atoms with Crippen LogP contribution in [0.15, 0.2) is 0 Å². The highest BCUT2D eigenvalue weighted by molar-refractivity contribution is 8.00. The van der Waals surface area contributed by atoms with E-state index in [-0.39, 0.29) is 12.2 Å². The number of thioether (sulfide) groups is 1. The molecule has 0 aromatic rings. The summed E-state index contributed by atoms with van der Waals surface area (Å²) in [5, 5.41) is 19.7. The molecule has 4 unspecified atom stereocenters. The molecule has 0 aliphatic heterocycles. The van der Waals surface area contributed by atoms with Crippen LogP contribution in [0.25, 0.3) is 0 Å². The van der Waals surface area contributed by atoms with Crippen molar-refractivity contribution in [2.75, 3.05) is 0 Å². The lowest BCUT2D eigenvalue weighted by atomic mass is 10.1. The summed E-state index contributed by atoms with van der Waals surface area (Å²) >= 11 is 2.04. The topological polar surface area (TPSA) is 40.5 Å². The van der Waals surface area contributed by atoms with Gasteiger partial charge in [-0.15, -0.1) is 0 Å². The quantitative estimate of drug-likeness (QED) is 0.632. The van der Waals surface area contributed by atoms with Gasteiger partial charge in [0.15, 0.2) is 0 Å². The van der Waals surface area contributed by atoms with E-state index in [0.717, 1.165) is 25.7 Å². The first kappa shape index (κ1) is 17.3. The molecular weight excluding hydrogens is 232 g/mol. The van der Waals surface area contributed by atoms with Crippen molar-refractivity contribution in [2.45, 2.75) is 88.9 Å². The fourth-order valence-corrected chi connectivity index (χ4v) is 3.33. The molecule has 104 valence electrons. The zero-order valence-corrected chi connectivity index (χ0v) is 12.7. The molecule has 0 spiro atoms. The zero-order valence-electron chi connectivity index (χ0n) is 11.9. The van der Waals surface area contributed by atoms with Gasteiger partial charge in [-0.25, -0.2) is 0 Å². The van der Waals surface area contributed by atoms with Gasteiger partial charge in [-0.3, -0.25) is 0 Å². The molecule has 0 aliphatic rings. The Labute approximate surface area is 111 Å². The van der Waals surface area contributed by atoms with Crippen molar-refractivity contribution in [3.63, 3.8) is 0 Å². The van der Waals surface area contributed by atoms with E-state index in [1.807, 2.05) is 25.6 Å². The molecule has 0 aromatic carbocycles. The van der Waals surface area contributed by atoms with Gasteiger partial charge in [-0.1, -0.05) is 13.8 Å². The molecule has 0 fully saturated rings. The maximum Gasteiger partial charge on any atom is 0.0512 e. The van der Waals surface area contributed by atoms with E-state index in [0.29, 0.717) is 10.5 Å². The largest absolute Gasteiger partial charge is 0.393 e. The van der Waals surface area contributed by atoms with Gasteiger partial charge in [0.1, 0.15) is 0 Å². The normalized spacial score (nSPS) is 18.7. The first-order chi connectivity index (χ1) is 7.91. The van der Waals surface area contributed by atoms with Gasteiger partial charge in [0.2, 0.25) is 0 Å². The van der Waals surface area contributed by atoms with E-state index in [9.17, 15) is 10.2 Å². The molecule has 0 aliphatic carbocycles. The van der Waals surface area contributed by atoms with Gasteiger partial charge in [0, 0.05) is 10.5 Å². The van der Waals surface area contributed by atoms with E-state index < -0.39 is 0 Å². The summed E-state index contributed by atoms with van der Waals surface area (Å²) in [7, 11) is 0. The smallest absolute Gasteiger partial charge is 0.0512 e. The molecule has 0 saturated heterocycles. The standard InChI is InChI=1S/C14H30O2S/c1-11(15)7-5-9-13(3)17-14(4)10-6-8-12(2)16/h11-16H,5-10H2,1-4H3. The van der Waals surface area contributed by atoms with Gasteiger partial charge in [-0.2, -0.15) is 11.8 Å². The summed E-state index contributed by atoms with van der Waals surface area (Å²) in [5.74, 6) is 0. The van der Waals surface area contributed by atoms with Gasteiger partial charge in [0.25, 0.3) is 0 Å². The second-order valence-corrected chi connectivity index (χ2v) is 7.20. The van der Waals surface area contributed by atoms with Crippen LogP contribution in [0.4, 0.5) is 0 Å². The molecule has 0 amide bonds. The predicted molar refractivity (Wildman–Crippen MR) is 77.6 cm³/mol. The highest BCUT2D eigenvalue weighted by Gasteiger charge is 2.10. The number of aliphatic hydroxyl groups is 2. The van der Waals surface area contributed by atoms with Crippen LogP contribution in [0.1, 0.15) is 66.2 Å². The predicted octanol–water partition coefficient (Wildman–Crippen LogP) is 3.60. The van der Waals surface area contributed by atoms with Crippen LogP contribution in [0, 0.1) is 0 Å². The molecule has 2 nitrogen and oxygen atoms in total. The molecule has 4 atom stereocenters. The Morgan fingerprint density at radius 3 is 1.35 bits per heavy atom. The molecular formula is C14H30O2S. The maximum atomic E-state index is 9.18. The lowest BCUT2D eigenvalue weighted by Gasteiger charge is -2.17. The van der Waals surface area contributed by atoms with E-state index >= 15 is 0 Å². The lowest BCUT2D eigenvalue weighted by molar-refractivity contribution is 0.180. The second-order valence-electron chi connectivity index (χ2n) is 5.32. The number of aliphatic hydroxyl groups excluding tert-OH is 2. The molecule has 17 heavy (non-hydrogen) atoms. The monoisotopic (exact) mass is 262 g/mol. The molecule has 0 saturated carbocycles. The van der Waals surface area contributed by atoms with Crippen LogP contribution in [0.3, 0.4) is 0 Å². The highest BCUT2D eigenvalue weighted by Crippen LogP contribution is 2.25. The number of hydrogen-bond acceptors (Lipinski definition) is 3. The van der Waals surface area contributed by atoms with Crippen LogP contribution in [-0.2, 0) is 0 Å². The van der Waals surface area contributed by atoms with Crippen molar-refractivity contribution in [1.82, 2.24) is 0 Å². The summed E-state index contributed by atoms with van der Waals surface area (Å²) in [6.45, 7) is 8.27. The van der Waals surface area contributed by atoms with Crippen LogP contribution in [-0.4, -0.2) is 32.9 Å². The molecule has 0 bridgehead atoms. The van der Waals surface area contributed by atoms with Crippen molar-refractivity contribution < 1.29 is 10.2 Å². The molecule has 2 N–H and O–H groups in total. The van der Waals surface area contributed by atoms with Gasteiger partial charge < -0.3 is 10.2 Å². The third-order valence-electron chi connectivity index (χ3n) is 2.93. The lowest BCUT2D eigenvalue weighted by Crippen LogP contribution is -2.08. The Kier molecular flexibility index (Phi) is 10.4. The average Bonchev–Trinajstić information content (AvgIpc) is 2.15. The fourth-order valence-electron chi connectivity index (χ4n) is 1.93. The average molecular weight is 262 g/mol. The molecule has 0 heterocycles. The van der Waals surface area contributed by atoms with Crippen LogP contribution in [0.5, 0.6) is 0 Å². The van der Waals surface area contributed by atoms with Crippen molar-refractivity contribution in [3.05, 3.63) is 0 Å². The minimum absolute atomic E-state index is 0.157. The Balaban J connectivity index is 3.48. The molecule has 0 rings (SSSR count). The Morgan fingerprint density at radius 1 is 0.706 bits per heavy atom. The molecule has 0 radical (unpaired) electrons. The summed E-state index contributed by atoms with van der Waals surface area (Å²) in [5.41, 5.74) is 0. The van der Waals surface area contributed by atoms with Crippen LogP contribution >= 0.6 is 11.8 Å². The first-order valence-corrected chi connectivity index (χ1v) is 7.87. The Bertz CT molecular complexity index is 154. The number of rotatable bonds is 10. The van der Waals surface area contributed by atoms with Crippen LogP contribution < -0.4 is 0 Å². The third-order valence-corrected chi connectivity index (χ3v) is 4.33. The second kappa shape index (κ2) is 10.2. The van der Waals surface area contributed by atoms with E-state index in [1.54, 1.807) is 0 Å². The van der Waals surface area contributed by atoms with Gasteiger partial charge in [-0.05, 0) is 52.4 Å². The molecule has 3 heteroatoms. The van der Waals surface area contributed by atoms with Gasteiger partial charge in [0.05, 0.1) is 12.2 Å². The van der Waals surface area contributed by atoms with Crippen molar-refractivity contribution >= 4 is 11.8 Å². The van der Waals surface area contributed by atoms with Crippen molar-refractivity contribution in [3.8, 4) is 0 Å². The van der Waals surface area contributed by atoms with Crippen molar-refractivity contribution in [2.24, 2.45) is 0 Å². The van der Waals surface area contributed by atoms with Crippen LogP contribution in [0.2, 0.25) is 0 Å². The fraction of sp³-hybridized carbons (Fsp3) is 1.00. The van der Waals surface area contributed by atoms with E-state index in [1.165, 1.54) is 12.8 Å². The third kappa shape index (κ3) is 12.5. The SMILES string of the molecule is CC(O)CCCC(C)SC(C)CCCC(C)O.